The quantitative estimate of drug-likeness (QED) is 0.0146. The molecule has 590 valence electrons. The number of ether oxygens (including phenoxy) is 3. The number of carbonyl (C=O) groups excluding carboxylic acids is 3. The summed E-state index contributed by atoms with van der Waals surface area (Å²) in [7, 11) is -9.80. The molecule has 0 aromatic heterocycles. The number of allylic oxidation sites excluding steroid dienone is 24. The number of aliphatic hydroxyl groups is 2. The van der Waals surface area contributed by atoms with Gasteiger partial charge in [0.2, 0.25) is 0 Å². The van der Waals surface area contributed by atoms with Gasteiger partial charge in [0, 0.05) is 19.3 Å². The summed E-state index contributed by atoms with van der Waals surface area (Å²) in [5.41, 5.74) is 0. The zero-order valence-corrected chi connectivity index (χ0v) is 66.2. The van der Waals surface area contributed by atoms with E-state index in [1.54, 1.807) is 0 Å². The summed E-state index contributed by atoms with van der Waals surface area (Å²) >= 11 is 0. The van der Waals surface area contributed by atoms with E-state index in [0.717, 1.165) is 141 Å². The number of rotatable bonds is 75. The van der Waals surface area contributed by atoms with Crippen molar-refractivity contribution >= 4 is 33.6 Å². The highest BCUT2D eigenvalue weighted by atomic mass is 31.2. The molecule has 0 aliphatic heterocycles. The molecule has 16 nitrogen and oxygen atoms in total. The lowest BCUT2D eigenvalue weighted by Gasteiger charge is -2.21. The lowest BCUT2D eigenvalue weighted by molar-refractivity contribution is -0.161. The second-order valence-electron chi connectivity index (χ2n) is 26.5. The molecule has 103 heavy (non-hydrogen) atoms. The second kappa shape index (κ2) is 77.1. The minimum absolute atomic E-state index is 0.0817. The molecule has 0 radical (unpaired) electrons. The number of hydrogen-bond donors (Lipinski definition) is 4. The van der Waals surface area contributed by atoms with Crippen molar-refractivity contribution in [2.75, 3.05) is 39.6 Å². The van der Waals surface area contributed by atoms with E-state index in [1.807, 2.05) is 0 Å². The first-order valence-corrected chi connectivity index (χ1v) is 43.1. The van der Waals surface area contributed by atoms with Gasteiger partial charge < -0.3 is 34.2 Å². The molecule has 0 bridgehead atoms. The van der Waals surface area contributed by atoms with Gasteiger partial charge in [-0.1, -0.05) is 301 Å². The maximum Gasteiger partial charge on any atom is 0.472 e. The Morgan fingerprint density at radius 2 is 0.515 bits per heavy atom. The van der Waals surface area contributed by atoms with Crippen molar-refractivity contribution in [1.29, 1.82) is 0 Å². The molecule has 0 saturated carbocycles. The summed E-state index contributed by atoms with van der Waals surface area (Å²) < 4.78 is 61.0. The number of unbranched alkanes of at least 4 members (excludes halogenated alkanes) is 28. The van der Waals surface area contributed by atoms with Crippen LogP contribution in [0.1, 0.15) is 316 Å². The van der Waals surface area contributed by atoms with Crippen molar-refractivity contribution < 1.29 is 75.8 Å². The summed E-state index contributed by atoms with van der Waals surface area (Å²) in [6, 6.07) is 0. The van der Waals surface area contributed by atoms with Crippen molar-refractivity contribution in [3.05, 3.63) is 146 Å². The fourth-order valence-electron chi connectivity index (χ4n) is 10.5. The third kappa shape index (κ3) is 78.3. The van der Waals surface area contributed by atoms with Crippen LogP contribution in [0.25, 0.3) is 0 Å². The predicted octanol–water partition coefficient (Wildman–Crippen LogP) is 23.7. The van der Waals surface area contributed by atoms with E-state index < -0.39 is 91.5 Å². The van der Waals surface area contributed by atoms with Crippen LogP contribution in [0.5, 0.6) is 0 Å². The smallest absolute Gasteiger partial charge is 0.463 e. The molecule has 0 aliphatic carbocycles. The molecule has 0 aromatic carbocycles. The fourth-order valence-corrected chi connectivity index (χ4v) is 12.1. The molecule has 0 heterocycles. The molecular weight excluding hydrogens is 1340 g/mol. The Morgan fingerprint density at radius 1 is 0.282 bits per heavy atom. The summed E-state index contributed by atoms with van der Waals surface area (Å²) in [5, 5.41) is 20.6. The summed E-state index contributed by atoms with van der Waals surface area (Å²) in [6.07, 6.45) is 94.9. The monoisotopic (exact) mass is 1480 g/mol. The van der Waals surface area contributed by atoms with Crippen molar-refractivity contribution in [2.24, 2.45) is 0 Å². The third-order valence-electron chi connectivity index (χ3n) is 16.5. The van der Waals surface area contributed by atoms with Gasteiger partial charge >= 0.3 is 33.6 Å². The Bertz CT molecular complexity index is 2450. The van der Waals surface area contributed by atoms with E-state index in [2.05, 4.69) is 167 Å². The topological polar surface area (TPSA) is 231 Å². The number of hydrogen-bond acceptors (Lipinski definition) is 14. The number of carbonyl (C=O) groups is 3. The first kappa shape index (κ1) is 98.4. The Morgan fingerprint density at radius 3 is 0.845 bits per heavy atom. The second-order valence-corrected chi connectivity index (χ2v) is 29.4. The van der Waals surface area contributed by atoms with Gasteiger partial charge in [0.15, 0.2) is 6.10 Å². The van der Waals surface area contributed by atoms with Gasteiger partial charge in [-0.15, -0.1) is 0 Å². The van der Waals surface area contributed by atoms with Gasteiger partial charge in [-0.2, -0.15) is 0 Å². The molecular formula is C85H144O16P2. The Balaban J connectivity index is 4.45. The molecule has 0 spiro atoms. The van der Waals surface area contributed by atoms with Gasteiger partial charge in [-0.05, 0) is 141 Å². The van der Waals surface area contributed by atoms with E-state index in [1.165, 1.54) is 116 Å². The fraction of sp³-hybridized carbons (Fsp3) is 0.682. The van der Waals surface area contributed by atoms with E-state index >= 15 is 0 Å². The standard InChI is InChI=1S/C85H144O16P2/c1-4-7-10-13-16-19-22-25-27-29-31-33-34-35-36-37-38-39-40-41-42-43-44-46-48-49-51-54-56-59-62-65-68-71-83(88)95-74-80(86)75-97-102(91,92)98-76-81(87)77-99-103(93,94)100-79-82(101-85(90)73-70-67-64-61-58-53-24-21-18-15-12-9-6-3)78-96-84(89)72-69-66-63-60-57-55-52-50-47-45-32-30-28-26-23-20-17-14-11-8-5-2/h7-8,10-11,16-17,19-21,24-28,31-33,35-36,45,50,52,57,60,80-82,86-87H,4-6,9,12-15,18,22-23,29-30,34,37-44,46-49,51,53-56,58-59,61-79H2,1-3H3,(H,91,92)(H,93,94)/b10-7-,11-8-,19-16-,20-17-,24-21-,27-25-,28-26-,33-31-,36-35-,45-32-,52-50-,60-57-. The molecule has 5 unspecified atom stereocenters. The van der Waals surface area contributed by atoms with Crippen LogP contribution < -0.4 is 0 Å². The molecule has 0 amide bonds. The first-order chi connectivity index (χ1) is 50.2. The SMILES string of the molecule is CC/C=C\C/C=C\C/C=C\C/C=C\C/C=C\C/C=C\CCCCC(=O)OCC(COP(=O)(O)OCC(O)COP(=O)(O)OCC(O)COC(=O)CCCCCCCCCCCCCCCCCCC/C=C\C/C=C\C/C=C\C/C=C\C/C=C\CC)OC(=O)CCCCCCC/C=C\CCCCCC. The van der Waals surface area contributed by atoms with E-state index in [4.69, 9.17) is 32.3 Å². The first-order valence-electron chi connectivity index (χ1n) is 40.1. The molecule has 0 fully saturated rings. The van der Waals surface area contributed by atoms with Crippen molar-refractivity contribution in [1.82, 2.24) is 0 Å². The highest BCUT2D eigenvalue weighted by Crippen LogP contribution is 2.45. The lowest BCUT2D eigenvalue weighted by atomic mass is 10.0. The normalized spacial score (nSPS) is 14.7. The number of phosphoric ester groups is 2. The molecule has 0 saturated heterocycles. The molecule has 4 N–H and O–H groups in total. The maximum absolute atomic E-state index is 12.9. The zero-order valence-electron chi connectivity index (χ0n) is 64.4. The van der Waals surface area contributed by atoms with Gasteiger partial charge in [0.1, 0.15) is 25.4 Å². The van der Waals surface area contributed by atoms with Crippen LogP contribution in [-0.4, -0.2) is 95.9 Å². The Hall–Kier alpha value is -4.57. The van der Waals surface area contributed by atoms with Crippen molar-refractivity contribution in [2.45, 2.75) is 334 Å². The van der Waals surface area contributed by atoms with Gasteiger partial charge in [0.25, 0.3) is 0 Å². The molecule has 0 aromatic rings. The van der Waals surface area contributed by atoms with Gasteiger partial charge in [-0.25, -0.2) is 9.13 Å². The van der Waals surface area contributed by atoms with Crippen LogP contribution in [0.4, 0.5) is 0 Å². The van der Waals surface area contributed by atoms with Crippen LogP contribution in [0, 0.1) is 0 Å². The summed E-state index contributed by atoms with van der Waals surface area (Å²) in [4.78, 5) is 58.6. The van der Waals surface area contributed by atoms with Crippen LogP contribution in [0.15, 0.2) is 146 Å². The van der Waals surface area contributed by atoms with Gasteiger partial charge in [0.05, 0.1) is 26.4 Å². The lowest BCUT2D eigenvalue weighted by Crippen LogP contribution is -2.30. The third-order valence-corrected chi connectivity index (χ3v) is 18.4. The molecule has 5 atom stereocenters. The summed E-state index contributed by atoms with van der Waals surface area (Å²) in [6.45, 7) is 2.38. The highest BCUT2D eigenvalue weighted by molar-refractivity contribution is 7.47. The van der Waals surface area contributed by atoms with E-state index in [0.29, 0.717) is 19.3 Å². The van der Waals surface area contributed by atoms with Crippen molar-refractivity contribution in [3.8, 4) is 0 Å². The minimum atomic E-state index is -4.94. The highest BCUT2D eigenvalue weighted by Gasteiger charge is 2.29. The molecule has 0 aliphatic rings. The van der Waals surface area contributed by atoms with E-state index in [-0.39, 0.29) is 19.3 Å². The summed E-state index contributed by atoms with van der Waals surface area (Å²) in [5.74, 6) is -1.64. The van der Waals surface area contributed by atoms with Crippen LogP contribution in [-0.2, 0) is 55.8 Å². The molecule has 18 heteroatoms. The van der Waals surface area contributed by atoms with Crippen LogP contribution >= 0.6 is 15.6 Å². The maximum atomic E-state index is 12.9. The largest absolute Gasteiger partial charge is 0.472 e. The average molecular weight is 1480 g/mol. The predicted molar refractivity (Wildman–Crippen MR) is 426 cm³/mol. The number of aliphatic hydroxyl groups excluding tert-OH is 2. The molecule has 0 rings (SSSR count). The average Bonchev–Trinajstić information content (AvgIpc) is 0.944. The zero-order chi connectivity index (χ0) is 75.2. The number of esters is 3. The Kier molecular flexibility index (Phi) is 73.6. The number of phosphoric acid groups is 2. The van der Waals surface area contributed by atoms with E-state index in [9.17, 15) is 43.5 Å². The Labute approximate surface area is 626 Å². The minimum Gasteiger partial charge on any atom is -0.463 e. The van der Waals surface area contributed by atoms with Gasteiger partial charge in [-0.3, -0.25) is 32.5 Å². The van der Waals surface area contributed by atoms with Crippen molar-refractivity contribution in [3.63, 3.8) is 0 Å². The van der Waals surface area contributed by atoms with Crippen LogP contribution in [0.3, 0.4) is 0 Å². The van der Waals surface area contributed by atoms with Crippen LogP contribution in [0.2, 0.25) is 0 Å².